The van der Waals surface area contributed by atoms with E-state index in [4.69, 9.17) is 30.8 Å². The molecule has 0 unspecified atom stereocenters. The first-order valence-electron chi connectivity index (χ1n) is 12.1. The fraction of sp³-hybridized carbons (Fsp3) is 0.462. The molecule has 1 aliphatic heterocycles. The zero-order valence-electron chi connectivity index (χ0n) is 20.4. The minimum atomic E-state index is -0.299. The zero-order chi connectivity index (χ0) is 24.8. The molecule has 35 heavy (non-hydrogen) atoms. The minimum absolute atomic E-state index is 0.299. The van der Waals surface area contributed by atoms with E-state index in [-0.39, 0.29) is 5.97 Å². The SMILES string of the molecule is CCOC(=O)c1ccc2nc(NC3CCN(Cc4cc(OCC)c(Cl)c(OCC)c4)CC3)sc2c1. The number of carbonyl (C=O) groups is 1. The number of ether oxygens (including phenoxy) is 3. The van der Waals surface area contributed by atoms with E-state index in [1.165, 1.54) is 0 Å². The molecule has 0 saturated carbocycles. The summed E-state index contributed by atoms with van der Waals surface area (Å²) in [5.41, 5.74) is 2.59. The van der Waals surface area contributed by atoms with Crippen LogP contribution in [-0.4, -0.2) is 54.8 Å². The van der Waals surface area contributed by atoms with Gasteiger partial charge in [-0.3, -0.25) is 4.90 Å². The second-order valence-corrected chi connectivity index (χ2v) is 9.80. The minimum Gasteiger partial charge on any atom is -0.492 e. The summed E-state index contributed by atoms with van der Waals surface area (Å²) in [6.45, 7) is 9.97. The van der Waals surface area contributed by atoms with Gasteiger partial charge in [-0.1, -0.05) is 22.9 Å². The number of rotatable bonds is 10. The quantitative estimate of drug-likeness (QED) is 0.330. The van der Waals surface area contributed by atoms with E-state index in [1.54, 1.807) is 17.4 Å². The highest BCUT2D eigenvalue weighted by Gasteiger charge is 2.22. The van der Waals surface area contributed by atoms with E-state index in [9.17, 15) is 4.79 Å². The molecule has 1 saturated heterocycles. The Kier molecular flexibility index (Phi) is 8.70. The third-order valence-electron chi connectivity index (χ3n) is 5.89. The van der Waals surface area contributed by atoms with Gasteiger partial charge in [0.05, 0.1) is 35.6 Å². The molecule has 2 aromatic carbocycles. The molecule has 7 nitrogen and oxygen atoms in total. The number of hydrogen-bond donors (Lipinski definition) is 1. The van der Waals surface area contributed by atoms with E-state index in [0.29, 0.717) is 47.9 Å². The third kappa shape index (κ3) is 6.37. The van der Waals surface area contributed by atoms with Crippen molar-refractivity contribution in [2.45, 2.75) is 46.2 Å². The summed E-state index contributed by atoms with van der Waals surface area (Å²) < 4.78 is 17.5. The van der Waals surface area contributed by atoms with Crippen LogP contribution in [0.2, 0.25) is 5.02 Å². The Morgan fingerprint density at radius 3 is 2.40 bits per heavy atom. The fourth-order valence-corrected chi connectivity index (χ4v) is 5.44. The monoisotopic (exact) mass is 517 g/mol. The van der Waals surface area contributed by atoms with Crippen LogP contribution in [0.4, 0.5) is 5.13 Å². The van der Waals surface area contributed by atoms with Crippen molar-refractivity contribution in [3.8, 4) is 11.5 Å². The molecule has 1 fully saturated rings. The molecule has 9 heteroatoms. The summed E-state index contributed by atoms with van der Waals surface area (Å²) in [6.07, 6.45) is 2.04. The highest BCUT2D eigenvalue weighted by molar-refractivity contribution is 7.22. The summed E-state index contributed by atoms with van der Waals surface area (Å²) in [5.74, 6) is 1.05. The Morgan fingerprint density at radius 1 is 1.09 bits per heavy atom. The summed E-state index contributed by atoms with van der Waals surface area (Å²) in [6, 6.07) is 9.91. The van der Waals surface area contributed by atoms with Gasteiger partial charge in [-0.25, -0.2) is 9.78 Å². The van der Waals surface area contributed by atoms with Crippen LogP contribution in [0.15, 0.2) is 30.3 Å². The van der Waals surface area contributed by atoms with Crippen LogP contribution >= 0.6 is 22.9 Å². The van der Waals surface area contributed by atoms with Crippen LogP contribution < -0.4 is 14.8 Å². The number of fused-ring (bicyclic) bond motifs is 1. The predicted molar refractivity (Wildman–Crippen MR) is 141 cm³/mol. The van der Waals surface area contributed by atoms with Gasteiger partial charge in [0.1, 0.15) is 16.5 Å². The Balaban J connectivity index is 1.35. The normalized spacial score (nSPS) is 14.7. The van der Waals surface area contributed by atoms with Crippen LogP contribution in [0.3, 0.4) is 0 Å². The lowest BCUT2D eigenvalue weighted by molar-refractivity contribution is 0.0526. The number of nitrogens with one attached hydrogen (secondary N) is 1. The van der Waals surface area contributed by atoms with E-state index in [1.807, 2.05) is 45.0 Å². The molecule has 0 radical (unpaired) electrons. The second kappa shape index (κ2) is 11.9. The Bertz CT molecular complexity index is 1130. The standard InChI is InChI=1S/C26H32ClN3O4S/c1-4-32-21-13-17(14-22(24(21)27)33-5-2)16-30-11-9-19(10-12-30)28-26-29-20-8-7-18(15-23(20)35-26)25(31)34-6-3/h7-8,13-15,19H,4-6,9-12,16H2,1-3H3,(H,28,29). The van der Waals surface area contributed by atoms with E-state index in [2.05, 4.69) is 10.2 Å². The molecular weight excluding hydrogens is 486 g/mol. The maximum Gasteiger partial charge on any atom is 0.338 e. The van der Waals surface area contributed by atoms with E-state index < -0.39 is 0 Å². The number of thiazole rings is 1. The Morgan fingerprint density at radius 2 is 1.77 bits per heavy atom. The molecule has 1 aromatic heterocycles. The molecule has 3 aromatic rings. The Hall–Kier alpha value is -2.55. The predicted octanol–water partition coefficient (Wildman–Crippen LogP) is 6.00. The average Bonchev–Trinajstić information content (AvgIpc) is 3.25. The first kappa shape index (κ1) is 25.5. The van der Waals surface area contributed by atoms with E-state index in [0.717, 1.165) is 53.4 Å². The lowest BCUT2D eigenvalue weighted by Gasteiger charge is -2.32. The highest BCUT2D eigenvalue weighted by Crippen LogP contribution is 2.36. The molecule has 0 spiro atoms. The number of hydrogen-bond acceptors (Lipinski definition) is 8. The fourth-order valence-electron chi connectivity index (χ4n) is 4.23. The van der Waals surface area contributed by atoms with Crippen LogP contribution in [0.25, 0.3) is 10.2 Å². The smallest absolute Gasteiger partial charge is 0.338 e. The van der Waals surface area contributed by atoms with Gasteiger partial charge in [-0.05, 0) is 69.5 Å². The van der Waals surface area contributed by atoms with Gasteiger partial charge in [0.25, 0.3) is 0 Å². The number of aromatic nitrogens is 1. The number of nitrogens with zero attached hydrogens (tertiary/aromatic N) is 2. The van der Waals surface area contributed by atoms with Gasteiger partial charge in [-0.15, -0.1) is 0 Å². The van der Waals surface area contributed by atoms with Crippen molar-refractivity contribution in [1.29, 1.82) is 0 Å². The van der Waals surface area contributed by atoms with Gasteiger partial charge in [0.15, 0.2) is 5.13 Å². The number of piperidine rings is 1. The lowest BCUT2D eigenvalue weighted by atomic mass is 10.0. The van der Waals surface area contributed by atoms with Crippen LogP contribution in [-0.2, 0) is 11.3 Å². The molecule has 188 valence electrons. The maximum absolute atomic E-state index is 12.0. The van der Waals surface area contributed by atoms with Gasteiger partial charge >= 0.3 is 5.97 Å². The lowest BCUT2D eigenvalue weighted by Crippen LogP contribution is -2.38. The van der Waals surface area contributed by atoms with E-state index >= 15 is 0 Å². The number of likely N-dealkylation sites (tertiary alicyclic amines) is 1. The largest absolute Gasteiger partial charge is 0.492 e. The van der Waals surface area contributed by atoms with Crippen molar-refractivity contribution in [1.82, 2.24) is 9.88 Å². The topological polar surface area (TPSA) is 72.9 Å². The number of esters is 1. The molecule has 0 aliphatic carbocycles. The molecule has 0 amide bonds. The maximum atomic E-state index is 12.0. The summed E-state index contributed by atoms with van der Waals surface area (Å²) in [7, 11) is 0. The van der Waals surface area contributed by atoms with Crippen molar-refractivity contribution in [3.63, 3.8) is 0 Å². The summed E-state index contributed by atoms with van der Waals surface area (Å²) >= 11 is 8.02. The third-order valence-corrected chi connectivity index (χ3v) is 7.21. The molecule has 0 bridgehead atoms. The molecule has 1 aliphatic rings. The molecule has 2 heterocycles. The highest BCUT2D eigenvalue weighted by atomic mass is 35.5. The Labute approximate surface area is 215 Å². The van der Waals surface area contributed by atoms with Crippen molar-refractivity contribution < 1.29 is 19.0 Å². The van der Waals surface area contributed by atoms with Crippen LogP contribution in [0.5, 0.6) is 11.5 Å². The van der Waals surface area contributed by atoms with Gasteiger partial charge in [-0.2, -0.15) is 0 Å². The molecule has 4 rings (SSSR count). The molecular formula is C26H32ClN3O4S. The van der Waals surface area contributed by atoms with Crippen molar-refractivity contribution in [2.24, 2.45) is 0 Å². The van der Waals surface area contributed by atoms with Gasteiger partial charge in [0.2, 0.25) is 0 Å². The number of benzene rings is 2. The molecule has 1 N–H and O–H groups in total. The number of carbonyl (C=O) groups excluding carboxylic acids is 1. The van der Waals surface area contributed by atoms with Gasteiger partial charge in [0, 0.05) is 25.7 Å². The van der Waals surface area contributed by atoms with Crippen LogP contribution in [0.1, 0.15) is 49.5 Å². The van der Waals surface area contributed by atoms with Crippen molar-refractivity contribution in [2.75, 3.05) is 38.2 Å². The van der Waals surface area contributed by atoms with Crippen molar-refractivity contribution in [3.05, 3.63) is 46.5 Å². The van der Waals surface area contributed by atoms with Crippen LogP contribution in [0, 0.1) is 0 Å². The first-order chi connectivity index (χ1) is 17.0. The summed E-state index contributed by atoms with van der Waals surface area (Å²) in [5, 5.41) is 5.02. The second-order valence-electron chi connectivity index (χ2n) is 8.39. The number of anilines is 1. The molecule has 0 atom stereocenters. The average molecular weight is 518 g/mol. The summed E-state index contributed by atoms with van der Waals surface area (Å²) in [4.78, 5) is 19.2. The van der Waals surface area contributed by atoms with Crippen molar-refractivity contribution >= 4 is 44.3 Å². The first-order valence-corrected chi connectivity index (χ1v) is 13.3. The zero-order valence-corrected chi connectivity index (χ0v) is 22.0. The number of halogens is 1. The van der Waals surface area contributed by atoms with Gasteiger partial charge < -0.3 is 19.5 Å².